The summed E-state index contributed by atoms with van der Waals surface area (Å²) in [7, 11) is 0. The zero-order chi connectivity index (χ0) is 10.1. The average molecular weight is 195 g/mol. The molecule has 0 atom stereocenters. The molecule has 0 saturated heterocycles. The molecule has 1 aromatic heterocycles. The smallest absolute Gasteiger partial charge is 0.184 e. The van der Waals surface area contributed by atoms with Gasteiger partial charge in [0.2, 0.25) is 0 Å². The van der Waals surface area contributed by atoms with Crippen molar-refractivity contribution in [3.8, 4) is 5.69 Å². The first-order valence-corrected chi connectivity index (χ1v) is 3.94. The summed E-state index contributed by atoms with van der Waals surface area (Å²) < 4.78 is 27.2. The van der Waals surface area contributed by atoms with E-state index in [0.717, 1.165) is 6.07 Å². The van der Waals surface area contributed by atoms with E-state index in [2.05, 4.69) is 5.10 Å². The number of nitrogens with two attached hydrogens (primary N) is 1. The Morgan fingerprint density at radius 3 is 2.64 bits per heavy atom. The molecule has 0 unspecified atom stereocenters. The van der Waals surface area contributed by atoms with Crippen LogP contribution < -0.4 is 5.73 Å². The topological polar surface area (TPSA) is 43.8 Å². The number of benzene rings is 1. The number of hydrogen-bond acceptors (Lipinski definition) is 2. The Bertz CT molecular complexity index is 465. The number of nitrogens with zero attached hydrogens (tertiary/aromatic N) is 2. The predicted octanol–water partition coefficient (Wildman–Crippen LogP) is 1.73. The molecule has 0 spiro atoms. The van der Waals surface area contributed by atoms with Gasteiger partial charge in [-0.25, -0.2) is 13.5 Å². The quantitative estimate of drug-likeness (QED) is 0.753. The Morgan fingerprint density at radius 1 is 1.21 bits per heavy atom. The fraction of sp³-hybridized carbons (Fsp3) is 0. The molecule has 2 N–H and O–H groups in total. The van der Waals surface area contributed by atoms with Gasteiger partial charge in [0.05, 0.1) is 0 Å². The molecule has 0 aliphatic carbocycles. The zero-order valence-corrected chi connectivity index (χ0v) is 7.11. The average Bonchev–Trinajstić information content (AvgIpc) is 2.57. The van der Waals surface area contributed by atoms with Gasteiger partial charge in [0.25, 0.3) is 0 Å². The molecule has 0 bridgehead atoms. The Labute approximate surface area is 78.8 Å². The summed E-state index contributed by atoms with van der Waals surface area (Å²) in [6, 6.07) is 5.38. The van der Waals surface area contributed by atoms with E-state index in [0.29, 0.717) is 0 Å². The van der Waals surface area contributed by atoms with Crippen molar-refractivity contribution in [1.82, 2.24) is 9.78 Å². The SMILES string of the molecule is Nc1ccn(-c2cccc(F)c2F)n1. The van der Waals surface area contributed by atoms with Crippen molar-refractivity contribution in [2.24, 2.45) is 0 Å². The lowest BCUT2D eigenvalue weighted by Gasteiger charge is -2.02. The summed E-state index contributed by atoms with van der Waals surface area (Å²) in [4.78, 5) is 0. The van der Waals surface area contributed by atoms with E-state index in [1.165, 1.54) is 29.1 Å². The summed E-state index contributed by atoms with van der Waals surface area (Å²) in [5.41, 5.74) is 5.40. The summed E-state index contributed by atoms with van der Waals surface area (Å²) in [6.45, 7) is 0. The van der Waals surface area contributed by atoms with Gasteiger partial charge in [0.15, 0.2) is 11.6 Å². The van der Waals surface area contributed by atoms with Gasteiger partial charge in [-0.2, -0.15) is 5.10 Å². The van der Waals surface area contributed by atoms with E-state index >= 15 is 0 Å². The Hall–Kier alpha value is -1.91. The molecule has 2 rings (SSSR count). The third-order valence-electron chi connectivity index (χ3n) is 1.79. The molecule has 3 nitrogen and oxygen atoms in total. The first kappa shape index (κ1) is 8.68. The van der Waals surface area contributed by atoms with Crippen LogP contribution in [0.15, 0.2) is 30.5 Å². The molecule has 1 heterocycles. The van der Waals surface area contributed by atoms with Crippen LogP contribution in [-0.4, -0.2) is 9.78 Å². The summed E-state index contributed by atoms with van der Waals surface area (Å²) >= 11 is 0. The summed E-state index contributed by atoms with van der Waals surface area (Å²) in [6.07, 6.45) is 1.47. The molecule has 0 saturated carbocycles. The van der Waals surface area contributed by atoms with Gasteiger partial charge >= 0.3 is 0 Å². The normalized spacial score (nSPS) is 10.4. The molecule has 72 valence electrons. The van der Waals surface area contributed by atoms with Gasteiger partial charge < -0.3 is 5.73 Å². The van der Waals surface area contributed by atoms with Crippen molar-refractivity contribution in [3.63, 3.8) is 0 Å². The molecule has 0 fully saturated rings. The van der Waals surface area contributed by atoms with Crippen LogP contribution in [0.3, 0.4) is 0 Å². The van der Waals surface area contributed by atoms with Crippen LogP contribution in [0.25, 0.3) is 5.69 Å². The van der Waals surface area contributed by atoms with Gasteiger partial charge in [0, 0.05) is 12.3 Å². The molecular formula is C9H7F2N3. The van der Waals surface area contributed by atoms with Gasteiger partial charge in [-0.05, 0) is 12.1 Å². The third-order valence-corrected chi connectivity index (χ3v) is 1.79. The van der Waals surface area contributed by atoms with Crippen molar-refractivity contribution in [2.45, 2.75) is 0 Å². The van der Waals surface area contributed by atoms with Gasteiger partial charge in [-0.3, -0.25) is 0 Å². The second-order valence-corrected chi connectivity index (χ2v) is 2.76. The molecule has 1 aromatic carbocycles. The van der Waals surface area contributed by atoms with Gasteiger partial charge in [0.1, 0.15) is 11.5 Å². The van der Waals surface area contributed by atoms with E-state index in [4.69, 9.17) is 5.73 Å². The lowest BCUT2D eigenvalue weighted by molar-refractivity contribution is 0.501. The molecular weight excluding hydrogens is 188 g/mol. The number of halogens is 2. The summed E-state index contributed by atoms with van der Waals surface area (Å²) in [5, 5.41) is 3.77. The second-order valence-electron chi connectivity index (χ2n) is 2.76. The highest BCUT2D eigenvalue weighted by molar-refractivity contribution is 5.36. The van der Waals surface area contributed by atoms with E-state index in [1.54, 1.807) is 0 Å². The maximum atomic E-state index is 13.2. The Balaban J connectivity index is 2.57. The Kier molecular flexibility index (Phi) is 1.92. The zero-order valence-electron chi connectivity index (χ0n) is 7.11. The highest BCUT2D eigenvalue weighted by Crippen LogP contribution is 2.15. The number of nitrogen functional groups attached to an aromatic ring is 1. The maximum Gasteiger partial charge on any atom is 0.184 e. The minimum Gasteiger partial charge on any atom is -0.382 e. The number of rotatable bonds is 1. The molecule has 0 aliphatic rings. The van der Waals surface area contributed by atoms with E-state index < -0.39 is 11.6 Å². The van der Waals surface area contributed by atoms with Crippen molar-refractivity contribution >= 4 is 5.82 Å². The molecule has 5 heteroatoms. The van der Waals surface area contributed by atoms with Gasteiger partial charge in [-0.1, -0.05) is 6.07 Å². The standard InChI is InChI=1S/C9H7F2N3/c10-6-2-1-3-7(9(6)11)14-5-4-8(12)13-14/h1-5H,(H2,12,13). The predicted molar refractivity (Wildman–Crippen MR) is 47.9 cm³/mol. The number of anilines is 1. The molecule has 14 heavy (non-hydrogen) atoms. The molecule has 0 amide bonds. The van der Waals surface area contributed by atoms with Crippen LogP contribution >= 0.6 is 0 Å². The second kappa shape index (κ2) is 3.10. The number of hydrogen-bond donors (Lipinski definition) is 1. The number of aromatic nitrogens is 2. The van der Waals surface area contributed by atoms with Crippen LogP contribution in [0, 0.1) is 11.6 Å². The lowest BCUT2D eigenvalue weighted by Crippen LogP contribution is -2.01. The highest BCUT2D eigenvalue weighted by atomic mass is 19.2. The van der Waals surface area contributed by atoms with Crippen molar-refractivity contribution in [3.05, 3.63) is 42.1 Å². The monoisotopic (exact) mass is 195 g/mol. The van der Waals surface area contributed by atoms with Gasteiger partial charge in [-0.15, -0.1) is 0 Å². The van der Waals surface area contributed by atoms with E-state index in [-0.39, 0.29) is 11.5 Å². The molecule has 0 aliphatic heterocycles. The van der Waals surface area contributed by atoms with Crippen LogP contribution in [0.1, 0.15) is 0 Å². The van der Waals surface area contributed by atoms with Crippen LogP contribution in [0.5, 0.6) is 0 Å². The maximum absolute atomic E-state index is 13.2. The first-order chi connectivity index (χ1) is 6.68. The third kappa shape index (κ3) is 1.32. The van der Waals surface area contributed by atoms with E-state index in [9.17, 15) is 8.78 Å². The molecule has 0 radical (unpaired) electrons. The lowest BCUT2D eigenvalue weighted by atomic mass is 10.3. The first-order valence-electron chi connectivity index (χ1n) is 3.94. The van der Waals surface area contributed by atoms with E-state index in [1.807, 2.05) is 0 Å². The van der Waals surface area contributed by atoms with Crippen LogP contribution in [-0.2, 0) is 0 Å². The van der Waals surface area contributed by atoms with Crippen LogP contribution in [0.4, 0.5) is 14.6 Å². The minimum atomic E-state index is -0.935. The molecule has 2 aromatic rings. The fourth-order valence-electron chi connectivity index (χ4n) is 1.14. The fourth-order valence-corrected chi connectivity index (χ4v) is 1.14. The largest absolute Gasteiger partial charge is 0.382 e. The van der Waals surface area contributed by atoms with Crippen molar-refractivity contribution < 1.29 is 8.78 Å². The van der Waals surface area contributed by atoms with Crippen LogP contribution in [0.2, 0.25) is 0 Å². The Morgan fingerprint density at radius 2 is 2.00 bits per heavy atom. The highest BCUT2D eigenvalue weighted by Gasteiger charge is 2.09. The summed E-state index contributed by atoms with van der Waals surface area (Å²) in [5.74, 6) is -1.58. The van der Waals surface area contributed by atoms with Crippen molar-refractivity contribution in [2.75, 3.05) is 5.73 Å². The minimum absolute atomic E-state index is 0.0432. The van der Waals surface area contributed by atoms with Crippen molar-refractivity contribution in [1.29, 1.82) is 0 Å².